The molecule has 10 heteroatoms. The molecule has 0 spiro atoms. The lowest BCUT2D eigenvalue weighted by atomic mass is 10.1. The standard InChI is InChI=1S/C32H44N4O5Si/c1-31(2,3)41-30(37)35-13-11-22(12-14-35)29-21-33-27-10-9-23(19-28(27)34-29)36(15-16-40-42-32(4,5)6)24-17-25(38-7)20-26(18-24)39-8/h9-11,17-21H,12-16,42H2,1-8H3. The van der Waals surface area contributed by atoms with Gasteiger partial charge in [-0.15, -0.1) is 0 Å². The van der Waals surface area contributed by atoms with E-state index in [1.807, 2.05) is 57.3 Å². The van der Waals surface area contributed by atoms with Gasteiger partial charge in [0.25, 0.3) is 0 Å². The Labute approximate surface area is 251 Å². The number of benzene rings is 2. The van der Waals surface area contributed by atoms with Crippen molar-refractivity contribution in [2.24, 2.45) is 0 Å². The molecule has 3 aromatic rings. The molecule has 226 valence electrons. The number of ether oxygens (including phenoxy) is 3. The van der Waals surface area contributed by atoms with E-state index in [0.29, 0.717) is 44.2 Å². The van der Waals surface area contributed by atoms with E-state index >= 15 is 0 Å². The second-order valence-electron chi connectivity index (χ2n) is 12.7. The Morgan fingerprint density at radius 3 is 2.29 bits per heavy atom. The smallest absolute Gasteiger partial charge is 0.410 e. The average Bonchev–Trinajstić information content (AvgIpc) is 2.95. The molecule has 0 atom stereocenters. The third kappa shape index (κ3) is 8.45. The molecule has 2 aromatic carbocycles. The monoisotopic (exact) mass is 592 g/mol. The van der Waals surface area contributed by atoms with E-state index in [2.05, 4.69) is 37.8 Å². The molecule has 0 radical (unpaired) electrons. The van der Waals surface area contributed by atoms with Crippen molar-refractivity contribution in [1.29, 1.82) is 0 Å². The van der Waals surface area contributed by atoms with Crippen LogP contribution in [0.5, 0.6) is 11.5 Å². The lowest BCUT2D eigenvalue weighted by Crippen LogP contribution is -2.39. The van der Waals surface area contributed by atoms with Gasteiger partial charge < -0.3 is 28.4 Å². The molecular weight excluding hydrogens is 548 g/mol. The molecule has 0 unspecified atom stereocenters. The van der Waals surface area contributed by atoms with E-state index in [-0.39, 0.29) is 11.1 Å². The zero-order chi connectivity index (χ0) is 30.5. The van der Waals surface area contributed by atoms with Crippen LogP contribution >= 0.6 is 0 Å². The number of amides is 1. The van der Waals surface area contributed by atoms with Gasteiger partial charge in [0.05, 0.1) is 43.8 Å². The predicted octanol–water partition coefficient (Wildman–Crippen LogP) is 6.13. The number of rotatable bonds is 9. The number of carbonyl (C=O) groups is 1. The molecule has 4 rings (SSSR count). The summed E-state index contributed by atoms with van der Waals surface area (Å²) in [6.07, 6.45) is 4.24. The number of anilines is 2. The summed E-state index contributed by atoms with van der Waals surface area (Å²) in [6.45, 7) is 14.6. The van der Waals surface area contributed by atoms with Crippen molar-refractivity contribution >= 4 is 43.8 Å². The van der Waals surface area contributed by atoms with Gasteiger partial charge in [-0.05, 0) is 56.0 Å². The second-order valence-corrected chi connectivity index (χ2v) is 15.5. The quantitative estimate of drug-likeness (QED) is 0.217. The van der Waals surface area contributed by atoms with Gasteiger partial charge in [-0.2, -0.15) is 0 Å². The van der Waals surface area contributed by atoms with E-state index in [1.54, 1.807) is 19.1 Å². The predicted molar refractivity (Wildman–Crippen MR) is 171 cm³/mol. The van der Waals surface area contributed by atoms with Gasteiger partial charge in [-0.3, -0.25) is 4.98 Å². The van der Waals surface area contributed by atoms with Gasteiger partial charge in [-0.1, -0.05) is 26.8 Å². The molecule has 0 saturated heterocycles. The van der Waals surface area contributed by atoms with Crippen LogP contribution in [0.3, 0.4) is 0 Å². The Hall–Kier alpha value is -3.63. The zero-order valence-corrected chi connectivity index (χ0v) is 27.6. The molecule has 0 N–H and O–H groups in total. The zero-order valence-electron chi connectivity index (χ0n) is 26.2. The minimum absolute atomic E-state index is 0.219. The van der Waals surface area contributed by atoms with Crippen LogP contribution in [0.15, 0.2) is 48.7 Å². The number of methoxy groups -OCH3 is 2. The summed E-state index contributed by atoms with van der Waals surface area (Å²) in [4.78, 5) is 26.1. The fourth-order valence-electron chi connectivity index (χ4n) is 4.61. The molecule has 1 amide bonds. The molecule has 9 nitrogen and oxygen atoms in total. The van der Waals surface area contributed by atoms with Gasteiger partial charge in [0.15, 0.2) is 9.76 Å². The minimum Gasteiger partial charge on any atom is -0.497 e. The first kappa shape index (κ1) is 31.3. The van der Waals surface area contributed by atoms with Crippen LogP contribution in [0.4, 0.5) is 16.2 Å². The maximum Gasteiger partial charge on any atom is 0.410 e. The van der Waals surface area contributed by atoms with Crippen molar-refractivity contribution in [3.8, 4) is 11.5 Å². The molecule has 1 aliphatic heterocycles. The first-order valence-electron chi connectivity index (χ1n) is 14.4. The second kappa shape index (κ2) is 13.1. The maximum absolute atomic E-state index is 12.5. The molecule has 0 fully saturated rings. The molecule has 1 aromatic heterocycles. The maximum atomic E-state index is 12.5. The number of nitrogens with zero attached hydrogens (tertiary/aromatic N) is 4. The third-order valence-electron chi connectivity index (χ3n) is 6.67. The van der Waals surface area contributed by atoms with Gasteiger partial charge in [0.2, 0.25) is 0 Å². The molecule has 2 heterocycles. The Bertz CT molecular complexity index is 1410. The van der Waals surface area contributed by atoms with Crippen LogP contribution in [0, 0.1) is 0 Å². The lowest BCUT2D eigenvalue weighted by Gasteiger charge is -2.29. The van der Waals surface area contributed by atoms with Gasteiger partial charge in [-0.25, -0.2) is 9.78 Å². The summed E-state index contributed by atoms with van der Waals surface area (Å²) in [5, 5.41) is 0.219. The van der Waals surface area contributed by atoms with E-state index in [4.69, 9.17) is 28.6 Å². The fraction of sp³-hybridized carbons (Fsp3) is 0.469. The molecular formula is C32H44N4O5Si. The summed E-state index contributed by atoms with van der Waals surface area (Å²) >= 11 is 0. The molecule has 42 heavy (non-hydrogen) atoms. The molecule has 0 aliphatic carbocycles. The summed E-state index contributed by atoms with van der Waals surface area (Å²) in [5.74, 6) is 1.43. The Morgan fingerprint density at radius 2 is 1.69 bits per heavy atom. The average molecular weight is 593 g/mol. The number of aromatic nitrogens is 2. The Morgan fingerprint density at radius 1 is 0.976 bits per heavy atom. The van der Waals surface area contributed by atoms with Gasteiger partial charge in [0, 0.05) is 49.2 Å². The van der Waals surface area contributed by atoms with Crippen LogP contribution in [0.25, 0.3) is 16.6 Å². The first-order chi connectivity index (χ1) is 19.8. The normalized spacial score (nSPS) is 14.3. The summed E-state index contributed by atoms with van der Waals surface area (Å²) in [5.41, 5.74) is 4.89. The van der Waals surface area contributed by atoms with Gasteiger partial charge in [0.1, 0.15) is 17.1 Å². The van der Waals surface area contributed by atoms with Crippen LogP contribution in [0.1, 0.15) is 53.7 Å². The fourth-order valence-corrected chi connectivity index (χ4v) is 5.49. The first-order valence-corrected chi connectivity index (χ1v) is 15.7. The van der Waals surface area contributed by atoms with E-state index in [1.165, 1.54) is 0 Å². The van der Waals surface area contributed by atoms with Crippen LogP contribution < -0.4 is 14.4 Å². The van der Waals surface area contributed by atoms with E-state index < -0.39 is 15.4 Å². The molecule has 1 aliphatic rings. The Balaban J connectivity index is 1.62. The highest BCUT2D eigenvalue weighted by Crippen LogP contribution is 2.34. The highest BCUT2D eigenvalue weighted by atomic mass is 28.2. The molecule has 0 bridgehead atoms. The van der Waals surface area contributed by atoms with Crippen LogP contribution in [0.2, 0.25) is 5.04 Å². The number of fused-ring (bicyclic) bond motifs is 1. The van der Waals surface area contributed by atoms with E-state index in [0.717, 1.165) is 33.7 Å². The minimum atomic E-state index is -0.683. The number of hydrogen-bond acceptors (Lipinski definition) is 8. The van der Waals surface area contributed by atoms with Crippen molar-refractivity contribution in [2.45, 2.75) is 58.6 Å². The van der Waals surface area contributed by atoms with Crippen LogP contribution in [-0.2, 0) is 9.16 Å². The highest BCUT2D eigenvalue weighted by molar-refractivity contribution is 6.31. The number of hydrogen-bond donors (Lipinski definition) is 0. The lowest BCUT2D eigenvalue weighted by molar-refractivity contribution is 0.0270. The van der Waals surface area contributed by atoms with Crippen molar-refractivity contribution in [3.05, 3.63) is 54.4 Å². The summed E-state index contributed by atoms with van der Waals surface area (Å²) in [7, 11) is 2.62. The SMILES string of the molecule is COc1cc(OC)cc(N(CCO[SiH2]C(C)(C)C)c2ccc3ncc(C4=CCN(C(=O)OC(C)(C)C)CC4)nc3c2)c1. The van der Waals surface area contributed by atoms with Crippen molar-refractivity contribution in [1.82, 2.24) is 14.9 Å². The topological polar surface area (TPSA) is 86.3 Å². The number of carbonyl (C=O) groups excluding carboxylic acids is 1. The van der Waals surface area contributed by atoms with Crippen molar-refractivity contribution < 1.29 is 23.4 Å². The summed E-state index contributed by atoms with van der Waals surface area (Å²) < 4.78 is 22.8. The van der Waals surface area contributed by atoms with Crippen LogP contribution in [-0.4, -0.2) is 76.8 Å². The van der Waals surface area contributed by atoms with Gasteiger partial charge >= 0.3 is 6.09 Å². The molecule has 0 saturated carbocycles. The highest BCUT2D eigenvalue weighted by Gasteiger charge is 2.24. The third-order valence-corrected chi connectivity index (χ3v) is 8.03. The van der Waals surface area contributed by atoms with Crippen molar-refractivity contribution in [2.75, 3.05) is 45.4 Å². The Kier molecular flexibility index (Phi) is 9.78. The van der Waals surface area contributed by atoms with Crippen molar-refractivity contribution in [3.63, 3.8) is 0 Å². The van der Waals surface area contributed by atoms with E-state index in [9.17, 15) is 4.79 Å². The largest absolute Gasteiger partial charge is 0.497 e. The summed E-state index contributed by atoms with van der Waals surface area (Å²) in [6, 6.07) is 12.0.